The summed E-state index contributed by atoms with van der Waals surface area (Å²) in [6, 6.07) is 19.0. The number of benzene rings is 2. The summed E-state index contributed by atoms with van der Waals surface area (Å²) in [6.45, 7) is 0.994. The van der Waals surface area contributed by atoms with Crippen LogP contribution in [0.4, 0.5) is 5.69 Å². The molecule has 0 saturated carbocycles. The maximum Gasteiger partial charge on any atom is 0.336 e. The van der Waals surface area contributed by atoms with Gasteiger partial charge in [-0.25, -0.2) is 4.79 Å². The number of carbonyl (C=O) groups excluding carboxylic acids is 1. The van der Waals surface area contributed by atoms with E-state index in [1.165, 1.54) is 16.7 Å². The second-order valence-electron chi connectivity index (χ2n) is 9.71. The molecule has 0 unspecified atom stereocenters. The molecular formula is C28H23N3O7. The van der Waals surface area contributed by atoms with Gasteiger partial charge in [-0.05, 0) is 41.7 Å². The van der Waals surface area contributed by atoms with Gasteiger partial charge in [0.05, 0.1) is 4.92 Å². The van der Waals surface area contributed by atoms with Gasteiger partial charge in [0.15, 0.2) is 6.61 Å². The highest BCUT2D eigenvalue weighted by Gasteiger charge is 2.37. The molecule has 2 aromatic carbocycles. The number of nitro groups is 1. The lowest BCUT2D eigenvalue weighted by Gasteiger charge is -2.42. The molecule has 1 amide bonds. The van der Waals surface area contributed by atoms with E-state index in [4.69, 9.17) is 9.15 Å². The topological polar surface area (TPSA) is 125 Å². The molecule has 2 bridgehead atoms. The largest absolute Gasteiger partial charge is 0.484 e. The first kappa shape index (κ1) is 23.7. The van der Waals surface area contributed by atoms with Crippen molar-refractivity contribution in [1.29, 1.82) is 0 Å². The third-order valence-electron chi connectivity index (χ3n) is 7.30. The zero-order valence-electron chi connectivity index (χ0n) is 20.2. The molecule has 38 heavy (non-hydrogen) atoms. The Balaban J connectivity index is 1.18. The Kier molecular flexibility index (Phi) is 5.79. The Labute approximate surface area is 215 Å². The van der Waals surface area contributed by atoms with Crippen LogP contribution in [0.1, 0.15) is 18.0 Å². The van der Waals surface area contributed by atoms with E-state index in [9.17, 15) is 24.5 Å². The molecule has 1 fully saturated rings. The fraction of sp³-hybridized carbons (Fsp3) is 0.250. The van der Waals surface area contributed by atoms with Crippen LogP contribution >= 0.6 is 0 Å². The number of nitrogens with zero attached hydrogens (tertiary/aromatic N) is 3. The number of aromatic nitrogens is 1. The molecule has 6 rings (SSSR count). The highest BCUT2D eigenvalue weighted by molar-refractivity contribution is 5.93. The Bertz CT molecular complexity index is 1690. The lowest BCUT2D eigenvalue weighted by Crippen LogP contribution is -2.50. The number of piperidine rings is 1. The number of carbonyl (C=O) groups is 1. The summed E-state index contributed by atoms with van der Waals surface area (Å²) in [5.41, 5.74) is 1.22. The summed E-state index contributed by atoms with van der Waals surface area (Å²) in [7, 11) is 0. The average Bonchev–Trinajstić information content (AvgIpc) is 2.91. The zero-order chi connectivity index (χ0) is 26.4. The van der Waals surface area contributed by atoms with Gasteiger partial charge < -0.3 is 18.6 Å². The second kappa shape index (κ2) is 9.29. The van der Waals surface area contributed by atoms with Crippen molar-refractivity contribution in [2.24, 2.45) is 5.92 Å². The molecule has 2 aromatic heterocycles. The van der Waals surface area contributed by atoms with Crippen molar-refractivity contribution in [3.05, 3.63) is 103 Å². The first-order valence-corrected chi connectivity index (χ1v) is 12.3. The van der Waals surface area contributed by atoms with E-state index in [1.807, 2.05) is 30.3 Å². The van der Waals surface area contributed by atoms with E-state index in [1.54, 1.807) is 29.2 Å². The fourth-order valence-corrected chi connectivity index (χ4v) is 5.60. The van der Waals surface area contributed by atoms with Gasteiger partial charge >= 0.3 is 16.9 Å². The van der Waals surface area contributed by atoms with Crippen LogP contribution in [0.15, 0.2) is 80.7 Å². The standard InChI is InChI=1S/C28H23N3O7/c32-26(29-13-17-10-19(15-29)23-8-9-24(31(35)36)28(34)30(23)14-17)16-37-20-6-7-21-22(18-4-2-1-3-5-18)12-27(33)38-25(21)11-20/h1-9,11-12,17,19H,10,13-16H2/t17-,19-/m0/s1. The molecule has 0 spiro atoms. The van der Waals surface area contributed by atoms with Gasteiger partial charge in [0.1, 0.15) is 11.3 Å². The third kappa shape index (κ3) is 4.23. The predicted octanol–water partition coefficient (Wildman–Crippen LogP) is 3.55. The lowest BCUT2D eigenvalue weighted by molar-refractivity contribution is -0.386. The van der Waals surface area contributed by atoms with Crippen molar-refractivity contribution in [3.63, 3.8) is 0 Å². The number of ether oxygens (including phenoxy) is 1. The first-order valence-electron chi connectivity index (χ1n) is 12.3. The molecule has 2 aliphatic rings. The summed E-state index contributed by atoms with van der Waals surface area (Å²) < 4.78 is 12.7. The van der Waals surface area contributed by atoms with Gasteiger partial charge in [0.25, 0.3) is 5.91 Å². The first-order chi connectivity index (χ1) is 18.4. The molecule has 2 aliphatic heterocycles. The van der Waals surface area contributed by atoms with Gasteiger partial charge in [-0.3, -0.25) is 19.7 Å². The maximum absolute atomic E-state index is 13.1. The van der Waals surface area contributed by atoms with Gasteiger partial charge in [0, 0.05) is 54.8 Å². The predicted molar refractivity (Wildman–Crippen MR) is 138 cm³/mol. The van der Waals surface area contributed by atoms with Crippen LogP contribution < -0.4 is 15.9 Å². The van der Waals surface area contributed by atoms with Gasteiger partial charge in [-0.1, -0.05) is 30.3 Å². The number of pyridine rings is 1. The molecular weight excluding hydrogens is 490 g/mol. The van der Waals surface area contributed by atoms with E-state index >= 15 is 0 Å². The molecule has 0 aliphatic carbocycles. The number of fused-ring (bicyclic) bond motifs is 5. The number of amides is 1. The molecule has 1 saturated heterocycles. The van der Waals surface area contributed by atoms with E-state index in [0.717, 1.165) is 22.9 Å². The zero-order valence-corrected chi connectivity index (χ0v) is 20.2. The molecule has 2 atom stereocenters. The van der Waals surface area contributed by atoms with E-state index < -0.39 is 21.8 Å². The molecule has 192 valence electrons. The summed E-state index contributed by atoms with van der Waals surface area (Å²) >= 11 is 0. The van der Waals surface area contributed by atoms with Crippen molar-refractivity contribution in [2.75, 3.05) is 19.7 Å². The normalized spacial score (nSPS) is 18.2. The van der Waals surface area contributed by atoms with Crippen LogP contribution in [-0.4, -0.2) is 40.0 Å². The van der Waals surface area contributed by atoms with Crippen molar-refractivity contribution >= 4 is 22.6 Å². The number of rotatable bonds is 5. The Hall–Kier alpha value is -4.73. The smallest absolute Gasteiger partial charge is 0.336 e. The third-order valence-corrected chi connectivity index (χ3v) is 7.30. The SMILES string of the molecule is O=C(COc1ccc2c(-c3ccccc3)cc(=O)oc2c1)N1C[C@@H]2C[C@@H](C1)c1ccc([N+](=O)[O-])c(=O)n1C2. The molecule has 10 nitrogen and oxygen atoms in total. The Morgan fingerprint density at radius 2 is 1.84 bits per heavy atom. The van der Waals surface area contributed by atoms with Crippen LogP contribution in [0.5, 0.6) is 5.75 Å². The van der Waals surface area contributed by atoms with Crippen LogP contribution in [0.25, 0.3) is 22.1 Å². The second-order valence-corrected chi connectivity index (χ2v) is 9.71. The minimum Gasteiger partial charge on any atom is -0.484 e. The minimum atomic E-state index is -0.659. The summed E-state index contributed by atoms with van der Waals surface area (Å²) in [6.07, 6.45) is 0.815. The van der Waals surface area contributed by atoms with E-state index in [0.29, 0.717) is 36.7 Å². The van der Waals surface area contributed by atoms with Crippen LogP contribution in [0.2, 0.25) is 0 Å². The number of hydrogen-bond donors (Lipinski definition) is 0. The van der Waals surface area contributed by atoms with E-state index in [2.05, 4.69) is 0 Å². The van der Waals surface area contributed by atoms with E-state index in [-0.39, 0.29) is 24.3 Å². The maximum atomic E-state index is 13.1. The highest BCUT2D eigenvalue weighted by Crippen LogP contribution is 2.36. The Morgan fingerprint density at radius 3 is 2.63 bits per heavy atom. The van der Waals surface area contributed by atoms with Crippen molar-refractivity contribution in [2.45, 2.75) is 18.9 Å². The monoisotopic (exact) mass is 513 g/mol. The molecule has 10 heteroatoms. The summed E-state index contributed by atoms with van der Waals surface area (Å²) in [5.74, 6) is 0.153. The van der Waals surface area contributed by atoms with Gasteiger partial charge in [-0.15, -0.1) is 0 Å². The molecule has 4 heterocycles. The highest BCUT2D eigenvalue weighted by atomic mass is 16.6. The molecule has 4 aromatic rings. The Morgan fingerprint density at radius 1 is 1.03 bits per heavy atom. The minimum absolute atomic E-state index is 0.0243. The number of hydrogen-bond acceptors (Lipinski definition) is 7. The van der Waals surface area contributed by atoms with Crippen LogP contribution in [0, 0.1) is 16.0 Å². The fourth-order valence-electron chi connectivity index (χ4n) is 5.60. The number of likely N-dealkylation sites (tertiary alicyclic amines) is 1. The summed E-state index contributed by atoms with van der Waals surface area (Å²) in [4.78, 5) is 50.0. The van der Waals surface area contributed by atoms with Crippen LogP contribution in [-0.2, 0) is 11.3 Å². The van der Waals surface area contributed by atoms with Crippen molar-refractivity contribution in [1.82, 2.24) is 9.47 Å². The average molecular weight is 514 g/mol. The quantitative estimate of drug-likeness (QED) is 0.227. The molecule has 0 N–H and O–H groups in total. The van der Waals surface area contributed by atoms with Crippen LogP contribution in [0.3, 0.4) is 0 Å². The summed E-state index contributed by atoms with van der Waals surface area (Å²) in [5, 5.41) is 11.9. The molecule has 0 radical (unpaired) electrons. The van der Waals surface area contributed by atoms with Gasteiger partial charge in [0.2, 0.25) is 0 Å². The van der Waals surface area contributed by atoms with Crippen molar-refractivity contribution < 1.29 is 18.9 Å². The van der Waals surface area contributed by atoms with Crippen molar-refractivity contribution in [3.8, 4) is 16.9 Å². The lowest BCUT2D eigenvalue weighted by atomic mass is 9.83. The van der Waals surface area contributed by atoms with Gasteiger partial charge in [-0.2, -0.15) is 0 Å².